The van der Waals surface area contributed by atoms with Crippen molar-refractivity contribution in [2.45, 2.75) is 63.0 Å². The number of fused-ring (bicyclic) bond motifs is 1. The van der Waals surface area contributed by atoms with Gasteiger partial charge in [-0.2, -0.15) is 5.26 Å². The lowest BCUT2D eigenvalue weighted by Crippen LogP contribution is -2.30. The summed E-state index contributed by atoms with van der Waals surface area (Å²) in [4.78, 5) is 17.6. The quantitative estimate of drug-likeness (QED) is 0.609. The first kappa shape index (κ1) is 19.8. The SMILES string of the molecule is CC(O)(CC(=O)Nc1nc2ccc(C3CC3)c(C#N)c2n1C1CCC1)c1ccccc1. The number of aliphatic hydroxyl groups is 1. The lowest BCUT2D eigenvalue weighted by Gasteiger charge is -2.29. The van der Waals surface area contributed by atoms with Gasteiger partial charge < -0.3 is 9.67 Å². The number of hydrogen-bond donors (Lipinski definition) is 2. The highest BCUT2D eigenvalue weighted by atomic mass is 16.3. The van der Waals surface area contributed by atoms with E-state index >= 15 is 0 Å². The zero-order valence-electron chi connectivity index (χ0n) is 17.6. The maximum atomic E-state index is 12.9. The predicted octanol–water partition coefficient (Wildman–Crippen LogP) is 4.75. The third kappa shape index (κ3) is 3.60. The van der Waals surface area contributed by atoms with Crippen molar-refractivity contribution < 1.29 is 9.90 Å². The molecule has 0 radical (unpaired) electrons. The van der Waals surface area contributed by atoms with Crippen molar-refractivity contribution in [3.8, 4) is 6.07 Å². The van der Waals surface area contributed by atoms with Crippen LogP contribution in [0, 0.1) is 11.3 Å². The first-order valence-corrected chi connectivity index (χ1v) is 11.0. The van der Waals surface area contributed by atoms with Crippen LogP contribution in [0.15, 0.2) is 42.5 Å². The van der Waals surface area contributed by atoms with E-state index in [0.29, 0.717) is 23.0 Å². The van der Waals surface area contributed by atoms with Gasteiger partial charge >= 0.3 is 0 Å². The second-order valence-electron chi connectivity index (χ2n) is 9.04. The number of imidazole rings is 1. The van der Waals surface area contributed by atoms with E-state index in [1.54, 1.807) is 6.92 Å². The summed E-state index contributed by atoms with van der Waals surface area (Å²) in [7, 11) is 0. The van der Waals surface area contributed by atoms with Gasteiger partial charge in [-0.25, -0.2) is 4.98 Å². The number of carbonyl (C=O) groups is 1. The van der Waals surface area contributed by atoms with Gasteiger partial charge in [-0.1, -0.05) is 36.4 Å². The van der Waals surface area contributed by atoms with Gasteiger partial charge in [0.15, 0.2) is 0 Å². The van der Waals surface area contributed by atoms with Gasteiger partial charge in [-0.05, 0) is 62.1 Å². The predicted molar refractivity (Wildman–Crippen MR) is 119 cm³/mol. The van der Waals surface area contributed by atoms with Crippen LogP contribution in [0.25, 0.3) is 11.0 Å². The normalized spacial score (nSPS) is 18.2. The molecule has 2 aliphatic rings. The lowest BCUT2D eigenvalue weighted by molar-refractivity contribution is -0.120. The van der Waals surface area contributed by atoms with E-state index in [-0.39, 0.29) is 18.4 Å². The van der Waals surface area contributed by atoms with Crippen LogP contribution < -0.4 is 5.32 Å². The first-order chi connectivity index (χ1) is 15.0. The summed E-state index contributed by atoms with van der Waals surface area (Å²) in [6.45, 7) is 1.65. The van der Waals surface area contributed by atoms with E-state index in [0.717, 1.165) is 48.7 Å². The average molecular weight is 415 g/mol. The van der Waals surface area contributed by atoms with Crippen molar-refractivity contribution in [2.75, 3.05) is 5.32 Å². The Labute approximate surface area is 181 Å². The Morgan fingerprint density at radius 3 is 2.58 bits per heavy atom. The number of nitrogens with one attached hydrogen (secondary N) is 1. The van der Waals surface area contributed by atoms with Gasteiger partial charge in [0.25, 0.3) is 0 Å². The number of hydrogen-bond acceptors (Lipinski definition) is 4. The first-order valence-electron chi connectivity index (χ1n) is 11.0. The van der Waals surface area contributed by atoms with Crippen LogP contribution in [0.2, 0.25) is 0 Å². The van der Waals surface area contributed by atoms with Crippen molar-refractivity contribution in [2.24, 2.45) is 0 Å². The van der Waals surface area contributed by atoms with Crippen molar-refractivity contribution in [1.29, 1.82) is 5.26 Å². The number of aromatic nitrogens is 2. The molecule has 3 aromatic rings. The molecule has 2 fully saturated rings. The van der Waals surface area contributed by atoms with E-state index in [1.165, 1.54) is 0 Å². The summed E-state index contributed by atoms with van der Waals surface area (Å²) >= 11 is 0. The molecule has 158 valence electrons. The van der Waals surface area contributed by atoms with Gasteiger partial charge in [0.2, 0.25) is 11.9 Å². The standard InChI is InChI=1S/C25H26N4O2/c1-25(31,17-6-3-2-4-7-17)14-22(30)28-24-27-21-13-12-19(16-10-11-16)20(15-26)23(21)29(24)18-8-5-9-18/h2-4,6-7,12-13,16,18,31H,5,8-11,14H2,1H3,(H,27,28,30). The third-order valence-electron chi connectivity index (χ3n) is 6.60. The molecular weight excluding hydrogens is 388 g/mol. The van der Waals surface area contributed by atoms with Crippen LogP contribution in [-0.2, 0) is 10.4 Å². The largest absolute Gasteiger partial charge is 0.385 e. The summed E-state index contributed by atoms with van der Waals surface area (Å²) in [5.41, 5.74) is 2.77. The Balaban J connectivity index is 1.50. The summed E-state index contributed by atoms with van der Waals surface area (Å²) < 4.78 is 2.05. The van der Waals surface area contributed by atoms with Crippen LogP contribution >= 0.6 is 0 Å². The average Bonchev–Trinajstić information content (AvgIpc) is 3.50. The summed E-state index contributed by atoms with van der Waals surface area (Å²) in [5.74, 6) is 0.631. The fourth-order valence-electron chi connectivity index (χ4n) is 4.53. The van der Waals surface area contributed by atoms with Crippen molar-refractivity contribution >= 4 is 22.9 Å². The van der Waals surface area contributed by atoms with Crippen molar-refractivity contribution in [1.82, 2.24) is 9.55 Å². The molecule has 1 atom stereocenters. The van der Waals surface area contributed by atoms with Gasteiger partial charge in [-0.3, -0.25) is 10.1 Å². The molecule has 2 saturated carbocycles. The molecule has 6 heteroatoms. The minimum Gasteiger partial charge on any atom is -0.385 e. The number of benzene rings is 2. The summed E-state index contributed by atoms with van der Waals surface area (Å²) in [6, 6.07) is 15.8. The molecule has 0 spiro atoms. The number of amides is 1. The fourth-order valence-corrected chi connectivity index (χ4v) is 4.53. The molecule has 31 heavy (non-hydrogen) atoms. The minimum atomic E-state index is -1.28. The topological polar surface area (TPSA) is 90.9 Å². The van der Waals surface area contributed by atoms with Crippen LogP contribution in [0.4, 0.5) is 5.95 Å². The molecule has 0 saturated heterocycles. The summed E-state index contributed by atoms with van der Waals surface area (Å²) in [5, 5.41) is 23.7. The number of rotatable bonds is 6. The molecule has 0 bridgehead atoms. The Bertz CT molecular complexity index is 1180. The second kappa shape index (κ2) is 7.51. The van der Waals surface area contributed by atoms with Gasteiger partial charge in [-0.15, -0.1) is 0 Å². The van der Waals surface area contributed by atoms with Crippen molar-refractivity contribution in [3.63, 3.8) is 0 Å². The molecule has 5 rings (SSSR count). The van der Waals surface area contributed by atoms with Crippen LogP contribution in [0.5, 0.6) is 0 Å². The van der Waals surface area contributed by atoms with Crippen LogP contribution in [0.3, 0.4) is 0 Å². The van der Waals surface area contributed by atoms with Gasteiger partial charge in [0, 0.05) is 6.04 Å². The van der Waals surface area contributed by atoms with E-state index < -0.39 is 5.60 Å². The summed E-state index contributed by atoms with van der Waals surface area (Å²) in [6.07, 6.45) is 5.31. The third-order valence-corrected chi connectivity index (χ3v) is 6.60. The maximum absolute atomic E-state index is 12.9. The molecular formula is C25H26N4O2. The highest BCUT2D eigenvalue weighted by Crippen LogP contribution is 2.45. The number of nitriles is 1. The van der Waals surface area contributed by atoms with Crippen LogP contribution in [-0.4, -0.2) is 20.6 Å². The van der Waals surface area contributed by atoms with E-state index in [4.69, 9.17) is 0 Å². The van der Waals surface area contributed by atoms with E-state index in [1.807, 2.05) is 42.5 Å². The molecule has 2 N–H and O–H groups in total. The van der Waals surface area contributed by atoms with Crippen molar-refractivity contribution in [3.05, 3.63) is 59.2 Å². The minimum absolute atomic E-state index is 0.0800. The van der Waals surface area contributed by atoms with E-state index in [9.17, 15) is 15.2 Å². The molecule has 2 aromatic carbocycles. The second-order valence-corrected chi connectivity index (χ2v) is 9.04. The van der Waals surface area contributed by atoms with Crippen LogP contribution in [0.1, 0.15) is 74.1 Å². The maximum Gasteiger partial charge on any atom is 0.229 e. The molecule has 1 unspecified atom stereocenters. The molecule has 1 amide bonds. The number of nitrogens with zero attached hydrogens (tertiary/aromatic N) is 3. The molecule has 0 aliphatic heterocycles. The zero-order chi connectivity index (χ0) is 21.6. The monoisotopic (exact) mass is 414 g/mol. The van der Waals surface area contributed by atoms with Gasteiger partial charge in [0.05, 0.1) is 28.6 Å². The number of anilines is 1. The fraction of sp³-hybridized carbons (Fsp3) is 0.400. The van der Waals surface area contributed by atoms with E-state index in [2.05, 4.69) is 20.9 Å². The molecule has 2 aliphatic carbocycles. The lowest BCUT2D eigenvalue weighted by atomic mass is 9.92. The highest BCUT2D eigenvalue weighted by molar-refractivity contribution is 5.94. The Hall–Kier alpha value is -3.17. The molecule has 6 nitrogen and oxygen atoms in total. The molecule has 1 aromatic heterocycles. The highest BCUT2D eigenvalue weighted by Gasteiger charge is 2.32. The Morgan fingerprint density at radius 2 is 1.97 bits per heavy atom. The smallest absolute Gasteiger partial charge is 0.229 e. The van der Waals surface area contributed by atoms with Gasteiger partial charge in [0.1, 0.15) is 6.07 Å². The zero-order valence-corrected chi connectivity index (χ0v) is 17.6. The number of carbonyl (C=O) groups excluding carboxylic acids is 1. The Morgan fingerprint density at radius 1 is 1.23 bits per heavy atom. The Kier molecular flexibility index (Phi) is 4.79. The molecule has 1 heterocycles.